The summed E-state index contributed by atoms with van der Waals surface area (Å²) in [4.78, 5) is 33.6. The maximum absolute atomic E-state index is 11.5. The number of carbonyl (C=O) groups excluding carboxylic acids is 3. The molecule has 0 saturated carbocycles. The lowest BCUT2D eigenvalue weighted by atomic mass is 10.3. The van der Waals surface area contributed by atoms with Crippen LogP contribution in [0.15, 0.2) is 0 Å². The molecule has 0 aromatic rings. The molecular formula is C9H16N4O4. The summed E-state index contributed by atoms with van der Waals surface area (Å²) < 4.78 is 4.96. The maximum atomic E-state index is 11.5. The van der Waals surface area contributed by atoms with Crippen LogP contribution in [-0.2, 0) is 14.3 Å². The second-order valence-corrected chi connectivity index (χ2v) is 3.89. The topological polar surface area (TPSA) is 109 Å². The molecule has 8 nitrogen and oxygen atoms in total. The predicted octanol–water partition coefficient (Wildman–Crippen LogP) is -1.41. The number of urea groups is 1. The van der Waals surface area contributed by atoms with Crippen LogP contribution in [0.3, 0.4) is 0 Å². The quantitative estimate of drug-likeness (QED) is 0.452. The number of rotatable bonds is 4. The Morgan fingerprint density at radius 3 is 2.53 bits per heavy atom. The highest BCUT2D eigenvalue weighted by molar-refractivity contribution is 5.98. The van der Waals surface area contributed by atoms with Crippen molar-refractivity contribution in [2.24, 2.45) is 0 Å². The van der Waals surface area contributed by atoms with E-state index in [0.29, 0.717) is 0 Å². The highest BCUT2D eigenvalue weighted by Crippen LogP contribution is 1.96. The van der Waals surface area contributed by atoms with Crippen molar-refractivity contribution in [1.82, 2.24) is 21.5 Å². The van der Waals surface area contributed by atoms with Gasteiger partial charge in [-0.3, -0.25) is 25.6 Å². The molecule has 1 aliphatic heterocycles. The van der Waals surface area contributed by atoms with E-state index in [2.05, 4.69) is 16.2 Å². The van der Waals surface area contributed by atoms with Crippen LogP contribution in [0.25, 0.3) is 0 Å². The Morgan fingerprint density at radius 1 is 1.35 bits per heavy atom. The number of nitrogens with one attached hydrogen (secondary N) is 4. The Labute approximate surface area is 98.4 Å². The van der Waals surface area contributed by atoms with Crippen LogP contribution < -0.4 is 21.5 Å². The van der Waals surface area contributed by atoms with Gasteiger partial charge in [0.1, 0.15) is 6.04 Å². The van der Waals surface area contributed by atoms with Gasteiger partial charge in [-0.2, -0.15) is 0 Å². The molecule has 0 aliphatic carbocycles. The highest BCUT2D eigenvalue weighted by Gasteiger charge is 2.29. The van der Waals surface area contributed by atoms with E-state index in [0.717, 1.165) is 0 Å². The van der Waals surface area contributed by atoms with Crippen molar-refractivity contribution in [3.8, 4) is 0 Å². The Morgan fingerprint density at radius 2 is 2.00 bits per heavy atom. The van der Waals surface area contributed by atoms with Gasteiger partial charge in [0.15, 0.2) is 6.17 Å². The van der Waals surface area contributed by atoms with Crippen molar-refractivity contribution >= 4 is 17.9 Å². The van der Waals surface area contributed by atoms with Crippen molar-refractivity contribution in [2.45, 2.75) is 39.1 Å². The van der Waals surface area contributed by atoms with Crippen LogP contribution in [0, 0.1) is 0 Å². The van der Waals surface area contributed by atoms with Gasteiger partial charge in [-0.25, -0.2) is 10.2 Å². The summed E-state index contributed by atoms with van der Waals surface area (Å²) in [6, 6.07) is -1.30. The maximum Gasteiger partial charge on any atom is 0.335 e. The van der Waals surface area contributed by atoms with Gasteiger partial charge in [0.25, 0.3) is 5.91 Å². The summed E-state index contributed by atoms with van der Waals surface area (Å²) in [5.41, 5.74) is 4.64. The van der Waals surface area contributed by atoms with Crippen LogP contribution in [0.2, 0.25) is 0 Å². The van der Waals surface area contributed by atoms with Crippen LogP contribution in [-0.4, -0.2) is 36.2 Å². The van der Waals surface area contributed by atoms with Crippen molar-refractivity contribution < 1.29 is 19.1 Å². The van der Waals surface area contributed by atoms with E-state index in [1.807, 2.05) is 5.32 Å². The number of ether oxygens (including phenoxy) is 1. The minimum Gasteiger partial charge on any atom is -0.462 e. The lowest BCUT2D eigenvalue weighted by molar-refractivity contribution is -0.149. The molecule has 1 heterocycles. The molecule has 4 N–H and O–H groups in total. The minimum absolute atomic E-state index is 0.223. The van der Waals surface area contributed by atoms with E-state index >= 15 is 0 Å². The van der Waals surface area contributed by atoms with Gasteiger partial charge in [0.2, 0.25) is 0 Å². The molecule has 0 spiro atoms. The number of hydrazine groups is 1. The first kappa shape index (κ1) is 13.4. The number of imide groups is 1. The van der Waals surface area contributed by atoms with E-state index in [9.17, 15) is 14.4 Å². The second kappa shape index (κ2) is 5.60. The average Bonchev–Trinajstić information content (AvgIpc) is 2.21. The first-order valence-corrected chi connectivity index (χ1v) is 5.23. The van der Waals surface area contributed by atoms with E-state index < -0.39 is 30.1 Å². The summed E-state index contributed by atoms with van der Waals surface area (Å²) in [5, 5.41) is 4.73. The summed E-state index contributed by atoms with van der Waals surface area (Å²) in [5.74, 6) is -1.02. The lowest BCUT2D eigenvalue weighted by Crippen LogP contribution is -2.68. The minimum atomic E-state index is -0.873. The Balaban J connectivity index is 2.45. The number of amides is 3. The monoisotopic (exact) mass is 244 g/mol. The zero-order valence-corrected chi connectivity index (χ0v) is 9.87. The highest BCUT2D eigenvalue weighted by atomic mass is 16.5. The molecule has 17 heavy (non-hydrogen) atoms. The summed E-state index contributed by atoms with van der Waals surface area (Å²) in [6.45, 7) is 5.03. The molecule has 1 aliphatic rings. The molecule has 0 aromatic heterocycles. The van der Waals surface area contributed by atoms with Crippen LogP contribution in [0.1, 0.15) is 20.8 Å². The van der Waals surface area contributed by atoms with Crippen molar-refractivity contribution in [3.63, 3.8) is 0 Å². The molecule has 96 valence electrons. The Bertz CT molecular complexity index is 331. The zero-order chi connectivity index (χ0) is 13.0. The molecule has 0 aromatic carbocycles. The molecule has 0 radical (unpaired) electrons. The predicted molar refractivity (Wildman–Crippen MR) is 57.4 cm³/mol. The average molecular weight is 244 g/mol. The van der Waals surface area contributed by atoms with Crippen LogP contribution in [0.4, 0.5) is 4.79 Å². The molecule has 1 fully saturated rings. The van der Waals surface area contributed by atoms with Gasteiger partial charge in [-0.05, 0) is 20.8 Å². The van der Waals surface area contributed by atoms with Crippen molar-refractivity contribution in [3.05, 3.63) is 0 Å². The second-order valence-electron chi connectivity index (χ2n) is 3.89. The number of hydrogen-bond donors (Lipinski definition) is 4. The summed E-state index contributed by atoms with van der Waals surface area (Å²) in [7, 11) is 0. The largest absolute Gasteiger partial charge is 0.462 e. The van der Waals surface area contributed by atoms with Gasteiger partial charge in [-0.1, -0.05) is 0 Å². The van der Waals surface area contributed by atoms with E-state index in [1.54, 1.807) is 20.8 Å². The SMILES string of the molecule is CC(C)OC(=O)C(C)NC1NNC(=O)NC1=O. The third-order valence-electron chi connectivity index (χ3n) is 1.95. The van der Waals surface area contributed by atoms with E-state index in [-0.39, 0.29) is 6.10 Å². The van der Waals surface area contributed by atoms with Gasteiger partial charge in [0, 0.05) is 0 Å². The fraction of sp³-hybridized carbons (Fsp3) is 0.667. The van der Waals surface area contributed by atoms with Gasteiger partial charge in [-0.15, -0.1) is 0 Å². The fourth-order valence-corrected chi connectivity index (χ4v) is 1.19. The Hall–Kier alpha value is -1.67. The number of carbonyl (C=O) groups is 3. The smallest absolute Gasteiger partial charge is 0.335 e. The number of hydrogen-bond acceptors (Lipinski definition) is 6. The standard InChI is InChI=1S/C9H16N4O4/c1-4(2)17-8(15)5(3)10-6-7(14)11-9(16)13-12-6/h4-6,10,12H,1-3H3,(H2,11,13,14,16). The fourth-order valence-electron chi connectivity index (χ4n) is 1.19. The molecule has 2 unspecified atom stereocenters. The first-order chi connectivity index (χ1) is 7.90. The van der Waals surface area contributed by atoms with Crippen molar-refractivity contribution in [1.29, 1.82) is 0 Å². The molecule has 3 amide bonds. The molecule has 0 bridgehead atoms. The molecule has 8 heteroatoms. The Kier molecular flexibility index (Phi) is 4.41. The first-order valence-electron chi connectivity index (χ1n) is 5.23. The molecule has 1 rings (SSSR count). The molecular weight excluding hydrogens is 228 g/mol. The van der Waals surface area contributed by atoms with Gasteiger partial charge in [0.05, 0.1) is 6.10 Å². The van der Waals surface area contributed by atoms with Crippen LogP contribution >= 0.6 is 0 Å². The van der Waals surface area contributed by atoms with Gasteiger partial charge >= 0.3 is 12.0 Å². The number of esters is 1. The van der Waals surface area contributed by atoms with Crippen molar-refractivity contribution in [2.75, 3.05) is 0 Å². The van der Waals surface area contributed by atoms with Crippen LogP contribution in [0.5, 0.6) is 0 Å². The summed E-state index contributed by atoms with van der Waals surface area (Å²) in [6.07, 6.45) is -1.10. The lowest BCUT2D eigenvalue weighted by Gasteiger charge is -2.26. The van der Waals surface area contributed by atoms with Gasteiger partial charge < -0.3 is 4.74 Å². The third-order valence-corrected chi connectivity index (χ3v) is 1.95. The van der Waals surface area contributed by atoms with E-state index in [1.165, 1.54) is 0 Å². The molecule has 2 atom stereocenters. The zero-order valence-electron chi connectivity index (χ0n) is 9.87. The van der Waals surface area contributed by atoms with E-state index in [4.69, 9.17) is 4.74 Å². The molecule has 1 saturated heterocycles. The normalized spacial score (nSPS) is 21.8. The third kappa shape index (κ3) is 4.00. The summed E-state index contributed by atoms with van der Waals surface area (Å²) >= 11 is 0.